The number of anilines is 1. The predicted octanol–water partition coefficient (Wildman–Crippen LogP) is 1.02. The lowest BCUT2D eigenvalue weighted by Crippen LogP contribution is -2.43. The average Bonchev–Trinajstić information content (AvgIpc) is 2.20. The molecule has 0 amide bonds. The molecule has 2 rings (SSSR count). The van der Waals surface area contributed by atoms with Crippen LogP contribution in [0, 0.1) is 12.7 Å². The van der Waals surface area contributed by atoms with Crippen LogP contribution >= 0.6 is 0 Å². The second-order valence-corrected chi connectivity index (χ2v) is 3.63. The zero-order chi connectivity index (χ0) is 11.7. The Morgan fingerprint density at radius 2 is 1.88 bits per heavy atom. The van der Waals surface area contributed by atoms with Crippen molar-refractivity contribution in [2.24, 2.45) is 0 Å². The van der Waals surface area contributed by atoms with E-state index in [9.17, 15) is 14.0 Å². The molecule has 0 unspecified atom stereocenters. The number of carbonyl (C=O) groups excluding carboxylic acids is 2. The number of ether oxygens (including phenoxy) is 1. The first-order chi connectivity index (χ1) is 7.56. The van der Waals surface area contributed by atoms with Crippen molar-refractivity contribution in [3.8, 4) is 0 Å². The fourth-order valence-electron chi connectivity index (χ4n) is 1.65. The lowest BCUT2D eigenvalue weighted by molar-refractivity contribution is -0.160. The maximum Gasteiger partial charge on any atom is 0.333 e. The molecule has 1 aromatic carbocycles. The minimum absolute atomic E-state index is 0.0317. The third kappa shape index (κ3) is 2.03. The van der Waals surface area contributed by atoms with Crippen LogP contribution in [0.1, 0.15) is 5.56 Å². The first-order valence-corrected chi connectivity index (χ1v) is 4.81. The lowest BCUT2D eigenvalue weighted by atomic mass is 10.1. The van der Waals surface area contributed by atoms with Crippen molar-refractivity contribution >= 4 is 17.6 Å². The fraction of sp³-hybridized carbons (Fsp3) is 0.273. The third-order valence-electron chi connectivity index (χ3n) is 2.38. The highest BCUT2D eigenvalue weighted by Crippen LogP contribution is 2.22. The summed E-state index contributed by atoms with van der Waals surface area (Å²) in [5.41, 5.74) is 1.36. The summed E-state index contributed by atoms with van der Waals surface area (Å²) in [6.45, 7) is 1.73. The van der Waals surface area contributed by atoms with Crippen molar-refractivity contribution in [2.45, 2.75) is 6.92 Å². The second kappa shape index (κ2) is 3.92. The molecule has 0 atom stereocenters. The normalized spacial score (nSPS) is 16.2. The first-order valence-electron chi connectivity index (χ1n) is 4.81. The van der Waals surface area contributed by atoms with E-state index >= 15 is 0 Å². The van der Waals surface area contributed by atoms with Gasteiger partial charge in [-0.25, -0.2) is 14.0 Å². The number of hydrogen-bond donors (Lipinski definition) is 0. The predicted molar refractivity (Wildman–Crippen MR) is 54.4 cm³/mol. The van der Waals surface area contributed by atoms with Crippen molar-refractivity contribution in [3.63, 3.8) is 0 Å². The summed E-state index contributed by atoms with van der Waals surface area (Å²) in [7, 11) is 0. The molecule has 4 nitrogen and oxygen atoms in total. The van der Waals surface area contributed by atoms with Crippen LogP contribution in [0.5, 0.6) is 0 Å². The minimum atomic E-state index is -0.611. The summed E-state index contributed by atoms with van der Waals surface area (Å²) >= 11 is 0. The summed E-state index contributed by atoms with van der Waals surface area (Å²) < 4.78 is 17.5. The van der Waals surface area contributed by atoms with Gasteiger partial charge >= 0.3 is 11.9 Å². The van der Waals surface area contributed by atoms with Gasteiger partial charge in [-0.1, -0.05) is 6.07 Å². The molecule has 1 fully saturated rings. The maximum atomic E-state index is 13.1. The van der Waals surface area contributed by atoms with Crippen LogP contribution in [-0.4, -0.2) is 25.0 Å². The molecule has 0 bridgehead atoms. The molecular formula is C11H10FNO3. The number of benzene rings is 1. The fourth-order valence-corrected chi connectivity index (χ4v) is 1.65. The van der Waals surface area contributed by atoms with E-state index in [2.05, 4.69) is 4.74 Å². The molecule has 0 aromatic heterocycles. The van der Waals surface area contributed by atoms with Gasteiger partial charge in [0.05, 0.1) is 0 Å². The van der Waals surface area contributed by atoms with E-state index in [0.717, 1.165) is 5.56 Å². The molecule has 0 aliphatic carbocycles. The SMILES string of the molecule is Cc1ccc(F)cc1N1CC(=O)OC(=O)C1. The molecule has 1 heterocycles. The largest absolute Gasteiger partial charge is 0.390 e. The summed E-state index contributed by atoms with van der Waals surface area (Å²) in [5.74, 6) is -1.62. The van der Waals surface area contributed by atoms with Gasteiger partial charge in [-0.3, -0.25) is 0 Å². The summed E-state index contributed by atoms with van der Waals surface area (Å²) in [5, 5.41) is 0. The van der Waals surface area contributed by atoms with Crippen molar-refractivity contribution in [3.05, 3.63) is 29.6 Å². The summed E-state index contributed by atoms with van der Waals surface area (Å²) in [6, 6.07) is 4.25. The molecule has 0 radical (unpaired) electrons. The standard InChI is InChI=1S/C11H10FNO3/c1-7-2-3-8(12)4-9(7)13-5-10(14)16-11(15)6-13/h2-4H,5-6H2,1H3. The van der Waals surface area contributed by atoms with Crippen LogP contribution in [-0.2, 0) is 14.3 Å². The molecule has 0 saturated carbocycles. The smallest absolute Gasteiger partial charge is 0.333 e. The van der Waals surface area contributed by atoms with Gasteiger partial charge in [0.25, 0.3) is 0 Å². The molecular weight excluding hydrogens is 213 g/mol. The highest BCUT2D eigenvalue weighted by atomic mass is 19.1. The van der Waals surface area contributed by atoms with Gasteiger partial charge in [0, 0.05) is 5.69 Å². The van der Waals surface area contributed by atoms with E-state index < -0.39 is 17.8 Å². The molecule has 5 heteroatoms. The second-order valence-electron chi connectivity index (χ2n) is 3.63. The summed E-state index contributed by atoms with van der Waals surface area (Å²) in [6.07, 6.45) is 0. The topological polar surface area (TPSA) is 46.6 Å². The van der Waals surface area contributed by atoms with Gasteiger partial charge in [0.1, 0.15) is 18.9 Å². The van der Waals surface area contributed by atoms with E-state index in [-0.39, 0.29) is 13.1 Å². The number of cyclic esters (lactones) is 2. The van der Waals surface area contributed by atoms with Crippen LogP contribution in [0.25, 0.3) is 0 Å². The van der Waals surface area contributed by atoms with Crippen molar-refractivity contribution in [1.82, 2.24) is 0 Å². The number of hydrogen-bond acceptors (Lipinski definition) is 4. The summed E-state index contributed by atoms with van der Waals surface area (Å²) in [4.78, 5) is 23.7. The Labute approximate surface area is 91.6 Å². The lowest BCUT2D eigenvalue weighted by Gasteiger charge is -2.27. The monoisotopic (exact) mass is 223 g/mol. The Balaban J connectivity index is 2.32. The van der Waals surface area contributed by atoms with Crippen LogP contribution in [0.4, 0.5) is 10.1 Å². The van der Waals surface area contributed by atoms with Crippen LogP contribution in [0.2, 0.25) is 0 Å². The van der Waals surface area contributed by atoms with Gasteiger partial charge in [0.15, 0.2) is 0 Å². The molecule has 1 aliphatic heterocycles. The van der Waals surface area contributed by atoms with Gasteiger partial charge in [-0.05, 0) is 24.6 Å². The number of rotatable bonds is 1. The maximum absolute atomic E-state index is 13.1. The van der Waals surface area contributed by atoms with Crippen molar-refractivity contribution in [2.75, 3.05) is 18.0 Å². The zero-order valence-corrected chi connectivity index (χ0v) is 8.70. The van der Waals surface area contributed by atoms with E-state index in [0.29, 0.717) is 5.69 Å². The highest BCUT2D eigenvalue weighted by Gasteiger charge is 2.25. The van der Waals surface area contributed by atoms with Crippen LogP contribution in [0.3, 0.4) is 0 Å². The van der Waals surface area contributed by atoms with Crippen molar-refractivity contribution < 1.29 is 18.7 Å². The number of nitrogens with zero attached hydrogens (tertiary/aromatic N) is 1. The molecule has 84 valence electrons. The molecule has 1 aromatic rings. The zero-order valence-electron chi connectivity index (χ0n) is 8.70. The number of carbonyl (C=O) groups is 2. The van der Waals surface area contributed by atoms with E-state index in [4.69, 9.17) is 0 Å². The van der Waals surface area contributed by atoms with Crippen LogP contribution < -0.4 is 4.90 Å². The Morgan fingerprint density at radius 1 is 1.25 bits per heavy atom. The quantitative estimate of drug-likeness (QED) is 0.527. The van der Waals surface area contributed by atoms with E-state index in [1.807, 2.05) is 0 Å². The van der Waals surface area contributed by atoms with E-state index in [1.54, 1.807) is 13.0 Å². The number of halogens is 1. The molecule has 0 N–H and O–H groups in total. The Hall–Kier alpha value is -1.91. The molecule has 0 spiro atoms. The number of esters is 2. The molecule has 1 saturated heterocycles. The Kier molecular flexibility index (Phi) is 2.60. The van der Waals surface area contributed by atoms with Crippen molar-refractivity contribution in [1.29, 1.82) is 0 Å². The molecule has 1 aliphatic rings. The minimum Gasteiger partial charge on any atom is -0.390 e. The van der Waals surface area contributed by atoms with Gasteiger partial charge in [0.2, 0.25) is 0 Å². The molecule has 16 heavy (non-hydrogen) atoms. The van der Waals surface area contributed by atoms with Gasteiger partial charge in [-0.2, -0.15) is 0 Å². The average molecular weight is 223 g/mol. The number of morpholine rings is 1. The van der Waals surface area contributed by atoms with Gasteiger partial charge in [-0.15, -0.1) is 0 Å². The third-order valence-corrected chi connectivity index (χ3v) is 2.38. The highest BCUT2D eigenvalue weighted by molar-refractivity contribution is 5.94. The van der Waals surface area contributed by atoms with Crippen LogP contribution in [0.15, 0.2) is 18.2 Å². The Bertz CT molecular complexity index is 443. The number of aryl methyl sites for hydroxylation is 1. The first kappa shape index (κ1) is 10.6. The van der Waals surface area contributed by atoms with Gasteiger partial charge < -0.3 is 9.64 Å². The Morgan fingerprint density at radius 3 is 2.50 bits per heavy atom. The van der Waals surface area contributed by atoms with E-state index in [1.165, 1.54) is 17.0 Å².